The normalized spacial score (nSPS) is 10.5. The van der Waals surface area contributed by atoms with Crippen LogP contribution in [0.3, 0.4) is 0 Å². The SMILES string of the molecule is COc1ccc(-[n+]2[nH]oc(=O)c2C(=O)Nc2cccc(C)c2C)cc1. The molecule has 0 unspecified atom stereocenters. The first kappa shape index (κ1) is 16.5. The molecule has 0 saturated heterocycles. The number of hydrogen-bond acceptors (Lipinski definition) is 4. The zero-order valence-corrected chi connectivity index (χ0v) is 14.1. The number of amides is 1. The van der Waals surface area contributed by atoms with Crippen molar-refractivity contribution in [2.45, 2.75) is 13.8 Å². The Kier molecular flexibility index (Phi) is 4.38. The summed E-state index contributed by atoms with van der Waals surface area (Å²) in [5, 5.41) is 5.21. The number of anilines is 1. The highest BCUT2D eigenvalue weighted by Crippen LogP contribution is 2.18. The fraction of sp³-hybridized carbons (Fsp3) is 0.167. The van der Waals surface area contributed by atoms with Gasteiger partial charge in [-0.3, -0.25) is 9.32 Å². The number of aryl methyl sites for hydroxylation is 1. The summed E-state index contributed by atoms with van der Waals surface area (Å²) < 4.78 is 11.2. The van der Waals surface area contributed by atoms with Crippen molar-refractivity contribution in [3.8, 4) is 11.4 Å². The van der Waals surface area contributed by atoms with Gasteiger partial charge in [-0.1, -0.05) is 12.1 Å². The summed E-state index contributed by atoms with van der Waals surface area (Å²) in [6.07, 6.45) is 0. The van der Waals surface area contributed by atoms with Gasteiger partial charge in [0.15, 0.2) is 0 Å². The molecule has 128 valence electrons. The van der Waals surface area contributed by atoms with E-state index >= 15 is 0 Å². The lowest BCUT2D eigenvalue weighted by atomic mass is 10.1. The van der Waals surface area contributed by atoms with Crippen LogP contribution in [-0.2, 0) is 0 Å². The van der Waals surface area contributed by atoms with Crippen LogP contribution in [0.25, 0.3) is 5.69 Å². The largest absolute Gasteiger partial charge is 0.497 e. The molecule has 1 aromatic heterocycles. The Hall–Kier alpha value is -3.35. The number of benzene rings is 2. The predicted octanol–water partition coefficient (Wildman–Crippen LogP) is 2.12. The van der Waals surface area contributed by atoms with E-state index in [1.165, 1.54) is 4.68 Å². The molecule has 1 amide bonds. The number of ether oxygens (including phenoxy) is 1. The third-order valence-corrected chi connectivity index (χ3v) is 4.05. The monoisotopic (exact) mass is 340 g/mol. The van der Waals surface area contributed by atoms with Crippen LogP contribution in [0.5, 0.6) is 5.75 Å². The molecular weight excluding hydrogens is 322 g/mol. The Labute approximate surface area is 143 Å². The minimum atomic E-state index is -0.751. The summed E-state index contributed by atoms with van der Waals surface area (Å²) in [6.45, 7) is 3.86. The lowest BCUT2D eigenvalue weighted by Gasteiger charge is -2.08. The number of aromatic amines is 1. The highest BCUT2D eigenvalue weighted by Gasteiger charge is 2.31. The molecule has 0 fully saturated rings. The van der Waals surface area contributed by atoms with Crippen LogP contribution in [0.15, 0.2) is 51.8 Å². The molecule has 0 radical (unpaired) electrons. The zero-order chi connectivity index (χ0) is 18.0. The Balaban J connectivity index is 1.97. The lowest BCUT2D eigenvalue weighted by molar-refractivity contribution is -0.672. The molecule has 0 bridgehead atoms. The van der Waals surface area contributed by atoms with E-state index in [2.05, 4.69) is 10.6 Å². The van der Waals surface area contributed by atoms with E-state index in [1.807, 2.05) is 26.0 Å². The van der Waals surface area contributed by atoms with Gasteiger partial charge in [-0.05, 0) is 53.1 Å². The highest BCUT2D eigenvalue weighted by atomic mass is 16.5. The van der Waals surface area contributed by atoms with E-state index < -0.39 is 11.5 Å². The van der Waals surface area contributed by atoms with Crippen LogP contribution < -0.4 is 20.4 Å². The van der Waals surface area contributed by atoms with E-state index in [0.717, 1.165) is 11.1 Å². The first-order valence-electron chi connectivity index (χ1n) is 7.67. The second kappa shape index (κ2) is 6.64. The standard InChI is InChI=1S/C18H17N3O4/c1-11-5-4-6-15(12(11)2)19-17(22)16-18(23)25-20-21(16)13-7-9-14(24-3)10-8-13/h4-10H,1-3H3,(H-,19,20,22,23)/p+1. The molecule has 2 N–H and O–H groups in total. The minimum Gasteiger partial charge on any atom is -0.497 e. The van der Waals surface area contributed by atoms with Gasteiger partial charge in [0, 0.05) is 17.8 Å². The number of methoxy groups -OCH3 is 1. The molecule has 3 aromatic rings. The quantitative estimate of drug-likeness (QED) is 0.712. The number of carbonyl (C=O) groups excluding carboxylic acids is 1. The second-order valence-corrected chi connectivity index (χ2v) is 5.56. The average molecular weight is 340 g/mol. The van der Waals surface area contributed by atoms with Crippen molar-refractivity contribution in [1.82, 2.24) is 5.27 Å². The number of H-pyrrole nitrogens is 1. The van der Waals surface area contributed by atoms with Crippen molar-refractivity contribution in [2.75, 3.05) is 12.4 Å². The van der Waals surface area contributed by atoms with Crippen molar-refractivity contribution in [2.24, 2.45) is 0 Å². The Morgan fingerprint density at radius 2 is 1.88 bits per heavy atom. The van der Waals surface area contributed by atoms with Crippen LogP contribution in [0, 0.1) is 13.8 Å². The van der Waals surface area contributed by atoms with Gasteiger partial charge in [0.05, 0.1) is 7.11 Å². The van der Waals surface area contributed by atoms with E-state index in [0.29, 0.717) is 17.1 Å². The van der Waals surface area contributed by atoms with Gasteiger partial charge < -0.3 is 10.1 Å². The maximum Gasteiger partial charge on any atom is 0.441 e. The summed E-state index contributed by atoms with van der Waals surface area (Å²) in [7, 11) is 1.56. The molecule has 0 aliphatic carbocycles. The second-order valence-electron chi connectivity index (χ2n) is 5.56. The predicted molar refractivity (Wildman–Crippen MR) is 91.3 cm³/mol. The van der Waals surface area contributed by atoms with Crippen molar-refractivity contribution in [3.63, 3.8) is 0 Å². The van der Waals surface area contributed by atoms with E-state index in [1.54, 1.807) is 37.4 Å². The molecule has 0 spiro atoms. The van der Waals surface area contributed by atoms with Crippen molar-refractivity contribution in [3.05, 3.63) is 69.7 Å². The topological polar surface area (TPSA) is 88.2 Å². The molecule has 3 rings (SSSR count). The third kappa shape index (κ3) is 3.16. The molecule has 0 aliphatic rings. The first-order chi connectivity index (χ1) is 12.0. The number of carbonyl (C=O) groups is 1. The van der Waals surface area contributed by atoms with Crippen LogP contribution in [0.2, 0.25) is 0 Å². The summed E-state index contributed by atoms with van der Waals surface area (Å²) in [5.41, 5.74) is 2.29. The summed E-state index contributed by atoms with van der Waals surface area (Å²) >= 11 is 0. The maximum absolute atomic E-state index is 12.6. The smallest absolute Gasteiger partial charge is 0.441 e. The Bertz CT molecular complexity index is 971. The molecule has 1 heterocycles. The highest BCUT2D eigenvalue weighted by molar-refractivity contribution is 6.02. The number of hydrogen-bond donors (Lipinski definition) is 2. The first-order valence-corrected chi connectivity index (χ1v) is 7.67. The van der Waals surface area contributed by atoms with Crippen molar-refractivity contribution >= 4 is 11.6 Å². The van der Waals surface area contributed by atoms with Crippen molar-refractivity contribution < 1.29 is 18.7 Å². The van der Waals surface area contributed by atoms with E-state index in [9.17, 15) is 9.59 Å². The van der Waals surface area contributed by atoms with Crippen LogP contribution >= 0.6 is 0 Å². The minimum absolute atomic E-state index is 0.147. The maximum atomic E-state index is 12.6. The third-order valence-electron chi connectivity index (χ3n) is 4.05. The van der Waals surface area contributed by atoms with Crippen molar-refractivity contribution in [1.29, 1.82) is 0 Å². The van der Waals surface area contributed by atoms with Gasteiger partial charge in [-0.15, -0.1) is 0 Å². The summed E-state index contributed by atoms with van der Waals surface area (Å²) in [5.74, 6) is 0.107. The van der Waals surface area contributed by atoms with E-state index in [4.69, 9.17) is 9.26 Å². The van der Waals surface area contributed by atoms with Gasteiger partial charge in [0.2, 0.25) is 5.69 Å². The number of rotatable bonds is 4. The van der Waals surface area contributed by atoms with Gasteiger partial charge in [0.1, 0.15) is 5.75 Å². The molecule has 7 nitrogen and oxygen atoms in total. The number of nitrogens with one attached hydrogen (secondary N) is 2. The molecule has 0 aliphatic heterocycles. The Morgan fingerprint density at radius 3 is 2.56 bits per heavy atom. The summed E-state index contributed by atoms with van der Waals surface area (Å²) in [6, 6.07) is 12.4. The number of aromatic nitrogens is 2. The fourth-order valence-corrected chi connectivity index (χ4v) is 2.45. The summed E-state index contributed by atoms with van der Waals surface area (Å²) in [4.78, 5) is 24.7. The molecule has 0 saturated carbocycles. The van der Waals surface area contributed by atoms with Crippen LogP contribution in [0.4, 0.5) is 5.69 Å². The van der Waals surface area contributed by atoms with Crippen LogP contribution in [0.1, 0.15) is 21.6 Å². The van der Waals surface area contributed by atoms with Gasteiger partial charge >= 0.3 is 17.2 Å². The van der Waals surface area contributed by atoms with E-state index in [-0.39, 0.29) is 5.69 Å². The molecular formula is C18H18N3O4+. The number of nitrogens with zero attached hydrogens (tertiary/aromatic N) is 1. The zero-order valence-electron chi connectivity index (χ0n) is 14.1. The molecule has 7 heteroatoms. The molecule has 25 heavy (non-hydrogen) atoms. The Morgan fingerprint density at radius 1 is 1.16 bits per heavy atom. The molecule has 2 aromatic carbocycles. The van der Waals surface area contributed by atoms with Gasteiger partial charge in [0.25, 0.3) is 0 Å². The molecule has 0 atom stereocenters. The average Bonchev–Trinajstić information content (AvgIpc) is 3.00. The van der Waals surface area contributed by atoms with Crippen LogP contribution in [-0.4, -0.2) is 18.3 Å². The lowest BCUT2D eigenvalue weighted by Crippen LogP contribution is -2.42. The fourth-order valence-electron chi connectivity index (χ4n) is 2.45. The van der Waals surface area contributed by atoms with Gasteiger partial charge in [-0.25, -0.2) is 4.79 Å². The van der Waals surface area contributed by atoms with Gasteiger partial charge in [-0.2, -0.15) is 0 Å².